The Labute approximate surface area is 499 Å². The van der Waals surface area contributed by atoms with Crippen molar-refractivity contribution in [3.63, 3.8) is 0 Å². The molecule has 19 rings (SSSR count). The van der Waals surface area contributed by atoms with E-state index in [0.29, 0.717) is 9.63 Å². The summed E-state index contributed by atoms with van der Waals surface area (Å²) in [4.78, 5) is 22.3. The van der Waals surface area contributed by atoms with Crippen LogP contribution in [0.5, 0.6) is 0 Å². The highest BCUT2D eigenvalue weighted by molar-refractivity contribution is 9.10. The summed E-state index contributed by atoms with van der Waals surface area (Å²) in [5, 5.41) is 13.1. The van der Waals surface area contributed by atoms with E-state index < -0.39 is 0 Å². The Morgan fingerprint density at radius 1 is 0.381 bits per heavy atom. The molecule has 1 N–H and O–H groups in total. The fraction of sp³-hybridized carbons (Fsp3) is 0. The van der Waals surface area contributed by atoms with Crippen molar-refractivity contribution in [2.45, 2.75) is 0 Å². The molecule has 396 valence electrons. The van der Waals surface area contributed by atoms with Crippen LogP contribution in [0.4, 0.5) is 0 Å². The monoisotopic (exact) mass is 1200 g/mol. The maximum atomic E-state index is 5.60. The summed E-state index contributed by atoms with van der Waals surface area (Å²) in [6, 6.07) is 83.9. The largest absolute Gasteiger partial charge is 0.338 e. The SMILES string of the molecule is Clc1cccnc1Br.c1ccc(-n2c3cc(-c4nc5ccccc5[nH]4)ccc3c3cc4c(cc32)sc2ccccc24)cc1.c1ccc(-n2c3cc4sc5ccccc5c4cc3c3cc4c(cc32)c2nc3ccccc3n2c2cccnc42)cc1. The Balaban J connectivity index is 0.000000118. The predicted octanol–water partition coefficient (Wildman–Crippen LogP) is 20.8. The second kappa shape index (κ2) is 19.4. The van der Waals surface area contributed by atoms with Crippen LogP contribution >= 0.6 is 50.2 Å². The first-order valence-corrected chi connectivity index (χ1v) is 30.4. The Hall–Kier alpha value is -9.75. The molecule has 0 aliphatic heterocycles. The number of fused-ring (bicyclic) bond motifs is 21. The van der Waals surface area contributed by atoms with Gasteiger partial charge in [-0.1, -0.05) is 121 Å². The molecule has 0 saturated heterocycles. The topological polar surface area (TPSA) is 81.6 Å². The van der Waals surface area contributed by atoms with Crippen molar-refractivity contribution in [2.75, 3.05) is 0 Å². The van der Waals surface area contributed by atoms with Crippen LogP contribution in [0.15, 0.2) is 254 Å². The Morgan fingerprint density at radius 3 is 1.58 bits per heavy atom. The van der Waals surface area contributed by atoms with Gasteiger partial charge in [0.05, 0.1) is 60.2 Å². The molecule has 9 heterocycles. The van der Waals surface area contributed by atoms with Gasteiger partial charge in [-0.2, -0.15) is 0 Å². The number of imidazole rings is 2. The average molecular weight is 1200 g/mol. The molecule has 0 bridgehead atoms. The summed E-state index contributed by atoms with van der Waals surface area (Å²) in [6.45, 7) is 0. The van der Waals surface area contributed by atoms with E-state index in [-0.39, 0.29) is 0 Å². The van der Waals surface area contributed by atoms with Crippen molar-refractivity contribution >= 4 is 184 Å². The third kappa shape index (κ3) is 7.77. The lowest BCUT2D eigenvalue weighted by molar-refractivity contribution is 1.18. The molecule has 9 aromatic heterocycles. The van der Waals surface area contributed by atoms with Gasteiger partial charge in [0.15, 0.2) is 0 Å². The van der Waals surface area contributed by atoms with Gasteiger partial charge in [-0.05, 0) is 143 Å². The van der Waals surface area contributed by atoms with Gasteiger partial charge in [0.1, 0.15) is 16.1 Å². The first-order chi connectivity index (χ1) is 41.5. The first kappa shape index (κ1) is 48.9. The zero-order valence-corrected chi connectivity index (χ0v) is 48.3. The Bertz CT molecular complexity index is 5800. The molecular weight excluding hydrogens is 1160 g/mol. The molecule has 0 saturated carbocycles. The fourth-order valence-electron chi connectivity index (χ4n) is 12.4. The summed E-state index contributed by atoms with van der Waals surface area (Å²) < 4.78 is 13.0. The molecule has 84 heavy (non-hydrogen) atoms. The molecule has 0 fully saturated rings. The zero-order chi connectivity index (χ0) is 55.6. The van der Waals surface area contributed by atoms with Gasteiger partial charge >= 0.3 is 0 Å². The second-order valence-electron chi connectivity index (χ2n) is 20.9. The van der Waals surface area contributed by atoms with Gasteiger partial charge in [-0.3, -0.25) is 9.38 Å². The normalized spacial score (nSPS) is 11.9. The molecule has 0 amide bonds. The van der Waals surface area contributed by atoms with Crippen LogP contribution in [0.25, 0.3) is 156 Å². The molecule has 19 aromatic rings. The highest BCUT2D eigenvalue weighted by atomic mass is 79.9. The van der Waals surface area contributed by atoms with E-state index in [1.807, 2.05) is 53.1 Å². The smallest absolute Gasteiger partial charge is 0.146 e. The number of pyridine rings is 3. The zero-order valence-electron chi connectivity index (χ0n) is 44.4. The predicted molar refractivity (Wildman–Crippen MR) is 358 cm³/mol. The minimum atomic E-state index is 0.646. The fourth-order valence-corrected chi connectivity index (χ4v) is 15.1. The molecule has 0 unspecified atom stereocenters. The molecule has 0 aliphatic rings. The summed E-state index contributed by atoms with van der Waals surface area (Å²) >= 11 is 12.5. The molecule has 0 spiro atoms. The van der Waals surface area contributed by atoms with Gasteiger partial charge < -0.3 is 14.1 Å². The molecule has 0 radical (unpaired) electrons. The van der Waals surface area contributed by atoms with E-state index in [2.05, 4.69) is 240 Å². The number of hydrogen-bond donors (Lipinski definition) is 1. The molecule has 12 heteroatoms. The van der Waals surface area contributed by atoms with E-state index in [4.69, 9.17) is 26.6 Å². The number of aromatic amines is 1. The van der Waals surface area contributed by atoms with Crippen molar-refractivity contribution in [3.8, 4) is 22.8 Å². The maximum Gasteiger partial charge on any atom is 0.146 e. The Kier molecular flexibility index (Phi) is 11.3. The van der Waals surface area contributed by atoms with Crippen molar-refractivity contribution in [1.29, 1.82) is 0 Å². The van der Waals surface area contributed by atoms with Crippen molar-refractivity contribution in [1.82, 2.24) is 38.5 Å². The number of aromatic nitrogens is 8. The maximum absolute atomic E-state index is 5.60. The molecule has 8 nitrogen and oxygen atoms in total. The number of hydrogen-bond acceptors (Lipinski definition) is 6. The number of nitrogens with zero attached hydrogens (tertiary/aromatic N) is 7. The van der Waals surface area contributed by atoms with E-state index in [1.54, 1.807) is 18.3 Å². The van der Waals surface area contributed by atoms with Crippen LogP contribution in [0.2, 0.25) is 5.02 Å². The summed E-state index contributed by atoms with van der Waals surface area (Å²) in [5.41, 5.74) is 15.3. The lowest BCUT2D eigenvalue weighted by Gasteiger charge is -2.11. The number of benzene rings is 10. The van der Waals surface area contributed by atoms with Crippen LogP contribution in [-0.4, -0.2) is 38.5 Å². The lowest BCUT2D eigenvalue weighted by atomic mass is 10.0. The van der Waals surface area contributed by atoms with Crippen LogP contribution in [0.3, 0.4) is 0 Å². The number of halogens is 2. The standard InChI is InChI=1S/C36H20N4S.C31H19N3S.C5H3BrClN/c1-2-9-21(10-3-1)39-31-19-27-26(35-30(14-8-16-37-35)40-29-13-6-5-12-28(29)38-36(27)40)18-24(31)23-17-25-22-11-4-7-15-33(22)41-34(25)20-32(23)39;1-2-8-20(9-3-1)34-27-16-19(31-32-25-11-5-6-12-26(25)33-31)14-15-21(27)23-17-24-22-10-4-7-13-29(22)35-30(24)18-28(23)34;6-5-4(7)2-1-3-8-5/h1-20H;1-18H,(H,32,33);1-3H. The number of rotatable bonds is 3. The third-order valence-corrected chi connectivity index (χ3v) is 19.6. The molecule has 10 aromatic carbocycles. The number of H-pyrrole nitrogens is 1. The van der Waals surface area contributed by atoms with E-state index in [0.717, 1.165) is 72.3 Å². The van der Waals surface area contributed by atoms with Gasteiger partial charge in [0, 0.05) is 102 Å². The number of thiophene rings is 2. The average Bonchev–Trinajstić information content (AvgIpc) is 2.36. The second-order valence-corrected chi connectivity index (χ2v) is 24.3. The number of para-hydroxylation sites is 6. The van der Waals surface area contributed by atoms with Gasteiger partial charge in [-0.25, -0.2) is 15.0 Å². The highest BCUT2D eigenvalue weighted by Crippen LogP contribution is 2.45. The number of nitrogens with one attached hydrogen (secondary N) is 1. The summed E-state index contributed by atoms with van der Waals surface area (Å²) in [5.74, 6) is 0.893. The molecule has 0 aliphatic carbocycles. The lowest BCUT2D eigenvalue weighted by Crippen LogP contribution is -1.95. The summed E-state index contributed by atoms with van der Waals surface area (Å²) in [7, 11) is 0. The molecule has 0 atom stereocenters. The third-order valence-electron chi connectivity index (χ3n) is 16.2. The van der Waals surface area contributed by atoms with E-state index >= 15 is 0 Å². The minimum absolute atomic E-state index is 0.646. The van der Waals surface area contributed by atoms with Crippen LogP contribution in [-0.2, 0) is 0 Å². The van der Waals surface area contributed by atoms with Crippen LogP contribution in [0, 0.1) is 0 Å². The summed E-state index contributed by atoms with van der Waals surface area (Å²) in [6.07, 6.45) is 3.57. The van der Waals surface area contributed by atoms with Crippen molar-refractivity contribution in [2.24, 2.45) is 0 Å². The molecular formula is C72H42BrClN8S2. The van der Waals surface area contributed by atoms with Crippen LogP contribution in [0.1, 0.15) is 0 Å². The van der Waals surface area contributed by atoms with Crippen molar-refractivity contribution < 1.29 is 0 Å². The van der Waals surface area contributed by atoms with Gasteiger partial charge in [0.2, 0.25) is 0 Å². The Morgan fingerprint density at radius 2 is 0.929 bits per heavy atom. The first-order valence-electron chi connectivity index (χ1n) is 27.6. The highest BCUT2D eigenvalue weighted by Gasteiger charge is 2.22. The van der Waals surface area contributed by atoms with Gasteiger partial charge in [-0.15, -0.1) is 22.7 Å². The van der Waals surface area contributed by atoms with Gasteiger partial charge in [0.25, 0.3) is 0 Å². The van der Waals surface area contributed by atoms with Crippen LogP contribution < -0.4 is 0 Å². The minimum Gasteiger partial charge on any atom is -0.338 e. The van der Waals surface area contributed by atoms with E-state index in [9.17, 15) is 0 Å². The quantitative estimate of drug-likeness (QED) is 0.141. The van der Waals surface area contributed by atoms with Crippen molar-refractivity contribution in [3.05, 3.63) is 259 Å². The van der Waals surface area contributed by atoms with E-state index in [1.165, 1.54) is 84.0 Å².